The van der Waals surface area contributed by atoms with Gasteiger partial charge in [0, 0.05) is 24.2 Å². The van der Waals surface area contributed by atoms with Crippen molar-refractivity contribution in [3.63, 3.8) is 0 Å². The molecule has 0 bridgehead atoms. The quantitative estimate of drug-likeness (QED) is 0.539. The van der Waals surface area contributed by atoms with Gasteiger partial charge in [-0.2, -0.15) is 0 Å². The van der Waals surface area contributed by atoms with Crippen LogP contribution in [0.5, 0.6) is 0 Å². The van der Waals surface area contributed by atoms with E-state index in [1.807, 2.05) is 61.7 Å². The highest BCUT2D eigenvalue weighted by Gasteiger charge is 2.44. The molecule has 1 aliphatic rings. The summed E-state index contributed by atoms with van der Waals surface area (Å²) in [6.07, 6.45) is 2.01. The first-order valence-electron chi connectivity index (χ1n) is 9.40. The van der Waals surface area contributed by atoms with Crippen LogP contribution in [0.2, 0.25) is 0 Å². The van der Waals surface area contributed by atoms with E-state index in [1.165, 1.54) is 9.80 Å². The zero-order valence-corrected chi connectivity index (χ0v) is 17.9. The van der Waals surface area contributed by atoms with E-state index in [0.717, 1.165) is 20.9 Å². The number of anilines is 1. The van der Waals surface area contributed by atoms with Crippen LogP contribution in [0.25, 0.3) is 0 Å². The fourth-order valence-corrected chi connectivity index (χ4v) is 3.67. The Hall–Kier alpha value is -2.80. The predicted octanol–water partition coefficient (Wildman–Crippen LogP) is 3.53. The van der Waals surface area contributed by atoms with E-state index in [0.29, 0.717) is 12.2 Å². The second-order valence-electron chi connectivity index (χ2n) is 7.19. The number of hydrogen-bond acceptors (Lipinski definition) is 4. The average molecular weight is 412 g/mol. The van der Waals surface area contributed by atoms with E-state index >= 15 is 0 Å². The number of aryl methyl sites for hydroxylation is 1. The standard InChI is InChI=1S/C22H25N3O3S/c1-15-5-9-18(10-6-15)25-16(2)21(27)24(22(25)28)14-20(26)23(3)13-17-7-11-19(29-4)12-8-17/h5-12,16H,13-14H2,1-4H3/t16-/m1/s1. The molecule has 1 atom stereocenters. The molecule has 2 aromatic carbocycles. The Morgan fingerprint density at radius 2 is 1.69 bits per heavy atom. The minimum Gasteiger partial charge on any atom is -0.340 e. The van der Waals surface area contributed by atoms with Crippen molar-refractivity contribution < 1.29 is 14.4 Å². The van der Waals surface area contributed by atoms with Crippen molar-refractivity contribution in [3.8, 4) is 0 Å². The molecule has 0 saturated carbocycles. The number of benzene rings is 2. The average Bonchev–Trinajstić information content (AvgIpc) is 2.92. The molecular formula is C22H25N3O3S. The van der Waals surface area contributed by atoms with Crippen LogP contribution >= 0.6 is 11.8 Å². The predicted molar refractivity (Wildman–Crippen MR) is 115 cm³/mol. The zero-order chi connectivity index (χ0) is 21.1. The third kappa shape index (κ3) is 4.45. The summed E-state index contributed by atoms with van der Waals surface area (Å²) in [4.78, 5) is 43.3. The van der Waals surface area contributed by atoms with Gasteiger partial charge in [0.2, 0.25) is 5.91 Å². The maximum Gasteiger partial charge on any atom is 0.332 e. The SMILES string of the molecule is CSc1ccc(CN(C)C(=O)CN2C(=O)[C@@H](C)N(c3ccc(C)cc3)C2=O)cc1. The first kappa shape index (κ1) is 20.9. The summed E-state index contributed by atoms with van der Waals surface area (Å²) in [5.41, 5.74) is 2.71. The lowest BCUT2D eigenvalue weighted by molar-refractivity contribution is -0.136. The number of urea groups is 1. The molecule has 1 fully saturated rings. The Bertz CT molecular complexity index is 912. The molecule has 0 aliphatic carbocycles. The maximum absolute atomic E-state index is 12.9. The van der Waals surface area contributed by atoms with Gasteiger partial charge in [-0.1, -0.05) is 29.8 Å². The molecule has 0 N–H and O–H groups in total. The fourth-order valence-electron chi connectivity index (χ4n) is 3.26. The van der Waals surface area contributed by atoms with Gasteiger partial charge in [0.05, 0.1) is 0 Å². The second-order valence-corrected chi connectivity index (χ2v) is 8.07. The van der Waals surface area contributed by atoms with Crippen LogP contribution in [0.1, 0.15) is 18.1 Å². The lowest BCUT2D eigenvalue weighted by atomic mass is 10.2. The van der Waals surface area contributed by atoms with Crippen molar-refractivity contribution in [1.82, 2.24) is 9.80 Å². The monoisotopic (exact) mass is 411 g/mol. The van der Waals surface area contributed by atoms with E-state index in [-0.39, 0.29) is 18.4 Å². The van der Waals surface area contributed by atoms with Gasteiger partial charge in [-0.05, 0) is 49.9 Å². The molecule has 1 saturated heterocycles. The number of carbonyl (C=O) groups is 3. The van der Waals surface area contributed by atoms with Crippen molar-refractivity contribution in [3.05, 3.63) is 59.7 Å². The smallest absolute Gasteiger partial charge is 0.332 e. The Labute approximate surface area is 175 Å². The van der Waals surface area contributed by atoms with E-state index in [1.54, 1.807) is 25.7 Å². The normalized spacial score (nSPS) is 16.5. The molecule has 0 unspecified atom stereocenters. The molecule has 29 heavy (non-hydrogen) atoms. The third-order valence-corrected chi connectivity index (χ3v) is 5.80. The van der Waals surface area contributed by atoms with Gasteiger partial charge < -0.3 is 4.90 Å². The number of amides is 4. The summed E-state index contributed by atoms with van der Waals surface area (Å²) in [5.74, 6) is -0.639. The van der Waals surface area contributed by atoms with Crippen molar-refractivity contribution in [2.24, 2.45) is 0 Å². The molecule has 4 amide bonds. The van der Waals surface area contributed by atoms with E-state index < -0.39 is 12.1 Å². The van der Waals surface area contributed by atoms with E-state index in [2.05, 4.69) is 0 Å². The minimum absolute atomic E-state index is 0.260. The molecule has 1 aliphatic heterocycles. The molecule has 7 heteroatoms. The Balaban J connectivity index is 1.68. The van der Waals surface area contributed by atoms with Crippen LogP contribution in [0.3, 0.4) is 0 Å². The number of imide groups is 1. The van der Waals surface area contributed by atoms with Gasteiger partial charge in [-0.3, -0.25) is 19.4 Å². The Morgan fingerprint density at radius 1 is 1.07 bits per heavy atom. The van der Waals surface area contributed by atoms with E-state index in [4.69, 9.17) is 0 Å². The molecule has 2 aromatic rings. The van der Waals surface area contributed by atoms with Crippen LogP contribution in [0.15, 0.2) is 53.4 Å². The number of carbonyl (C=O) groups excluding carboxylic acids is 3. The van der Waals surface area contributed by atoms with Crippen LogP contribution in [-0.2, 0) is 16.1 Å². The first-order chi connectivity index (χ1) is 13.8. The van der Waals surface area contributed by atoms with E-state index in [9.17, 15) is 14.4 Å². The molecule has 0 aromatic heterocycles. The van der Waals surface area contributed by atoms with Crippen molar-refractivity contribution in [1.29, 1.82) is 0 Å². The van der Waals surface area contributed by atoms with Gasteiger partial charge >= 0.3 is 6.03 Å². The summed E-state index contributed by atoms with van der Waals surface area (Å²) in [6, 6.07) is 14.3. The van der Waals surface area contributed by atoms with Crippen molar-refractivity contribution >= 4 is 35.3 Å². The summed E-state index contributed by atoms with van der Waals surface area (Å²) in [5, 5.41) is 0. The van der Waals surface area contributed by atoms with Crippen molar-refractivity contribution in [2.45, 2.75) is 31.3 Å². The first-order valence-corrected chi connectivity index (χ1v) is 10.6. The molecule has 3 rings (SSSR count). The maximum atomic E-state index is 12.9. The second kappa shape index (κ2) is 8.69. The topological polar surface area (TPSA) is 60.9 Å². The van der Waals surface area contributed by atoms with Gasteiger partial charge in [-0.25, -0.2) is 4.79 Å². The molecule has 0 spiro atoms. The number of likely N-dealkylation sites (N-methyl/N-ethyl adjacent to an activating group) is 1. The number of hydrogen-bond donors (Lipinski definition) is 0. The third-order valence-electron chi connectivity index (χ3n) is 5.06. The summed E-state index contributed by atoms with van der Waals surface area (Å²) in [6.45, 7) is 3.80. The highest BCUT2D eigenvalue weighted by molar-refractivity contribution is 7.98. The lowest BCUT2D eigenvalue weighted by Gasteiger charge is -2.21. The molecule has 1 heterocycles. The number of nitrogens with zero attached hydrogens (tertiary/aromatic N) is 3. The number of rotatable bonds is 6. The Morgan fingerprint density at radius 3 is 2.28 bits per heavy atom. The molecule has 0 radical (unpaired) electrons. The molecular weight excluding hydrogens is 386 g/mol. The highest BCUT2D eigenvalue weighted by atomic mass is 32.2. The fraction of sp³-hybridized carbons (Fsp3) is 0.318. The van der Waals surface area contributed by atoms with Gasteiger partial charge in [0.25, 0.3) is 5.91 Å². The van der Waals surface area contributed by atoms with Gasteiger partial charge in [0.1, 0.15) is 12.6 Å². The summed E-state index contributed by atoms with van der Waals surface area (Å²) in [7, 11) is 1.68. The van der Waals surface area contributed by atoms with Gasteiger partial charge in [-0.15, -0.1) is 11.8 Å². The minimum atomic E-state index is -0.637. The summed E-state index contributed by atoms with van der Waals surface area (Å²) < 4.78 is 0. The molecule has 6 nitrogen and oxygen atoms in total. The van der Waals surface area contributed by atoms with Crippen LogP contribution in [-0.4, -0.2) is 53.5 Å². The summed E-state index contributed by atoms with van der Waals surface area (Å²) >= 11 is 1.66. The number of thioether (sulfide) groups is 1. The van der Waals surface area contributed by atoms with Crippen LogP contribution in [0.4, 0.5) is 10.5 Å². The van der Waals surface area contributed by atoms with Crippen LogP contribution < -0.4 is 4.90 Å². The zero-order valence-electron chi connectivity index (χ0n) is 17.1. The largest absolute Gasteiger partial charge is 0.340 e. The van der Waals surface area contributed by atoms with Gasteiger partial charge in [0.15, 0.2) is 0 Å². The molecule has 152 valence electrons. The van der Waals surface area contributed by atoms with Crippen molar-refractivity contribution in [2.75, 3.05) is 24.7 Å². The Kier molecular flexibility index (Phi) is 6.27. The lowest BCUT2D eigenvalue weighted by Crippen LogP contribution is -2.42. The van der Waals surface area contributed by atoms with Crippen LogP contribution in [0, 0.1) is 6.92 Å². The highest BCUT2D eigenvalue weighted by Crippen LogP contribution is 2.26.